The van der Waals surface area contributed by atoms with Crippen LogP contribution in [0.15, 0.2) is 22.7 Å². The topological polar surface area (TPSA) is 134 Å². The van der Waals surface area contributed by atoms with E-state index in [0.717, 1.165) is 11.3 Å². The first-order valence-electron chi connectivity index (χ1n) is 9.01. The van der Waals surface area contributed by atoms with Crippen molar-refractivity contribution < 1.29 is 37.9 Å². The molecule has 0 saturated heterocycles. The smallest absolute Gasteiger partial charge is 0.337 e. The molecule has 1 aromatic carbocycles. The summed E-state index contributed by atoms with van der Waals surface area (Å²) in [5, 5.41) is 6.31. The molecule has 0 unspecified atom stereocenters. The Bertz CT molecular complexity index is 932. The number of hydrogen-bond acceptors (Lipinski definition) is 10. The molecule has 0 aliphatic carbocycles. The third-order valence-corrected chi connectivity index (χ3v) is 5.00. The summed E-state index contributed by atoms with van der Waals surface area (Å²) in [5.41, 5.74) is 1.93. The predicted octanol–water partition coefficient (Wildman–Crippen LogP) is 2.28. The number of nitrogens with zero attached hydrogens (tertiary/aromatic N) is 1. The van der Waals surface area contributed by atoms with E-state index in [1.165, 1.54) is 44.2 Å². The summed E-state index contributed by atoms with van der Waals surface area (Å²) in [5.74, 6) is -1.32. The van der Waals surface area contributed by atoms with Gasteiger partial charge in [-0.2, -0.15) is 0 Å². The number of esters is 3. The maximum Gasteiger partial charge on any atom is 0.337 e. The minimum Gasteiger partial charge on any atom is -0.465 e. The van der Waals surface area contributed by atoms with Gasteiger partial charge in [-0.1, -0.05) is 5.16 Å². The Morgan fingerprint density at radius 2 is 1.65 bits per heavy atom. The van der Waals surface area contributed by atoms with Crippen LogP contribution in [0.3, 0.4) is 0 Å². The standard InChI is InChI=1S/C20H22N2O8S/c1-11-16(12(2)30-22-11)9-31-10-18(24)29-8-17(23)21-15-6-13(19(25)27-3)5-14(7-15)20(26)28-4/h5-7H,8-10H2,1-4H3,(H,21,23). The molecule has 2 rings (SSSR count). The average Bonchev–Trinajstić information content (AvgIpc) is 3.08. The van der Waals surface area contributed by atoms with Crippen molar-refractivity contribution in [2.45, 2.75) is 19.6 Å². The molecule has 2 aromatic rings. The summed E-state index contributed by atoms with van der Waals surface area (Å²) in [4.78, 5) is 47.6. The molecule has 0 aliphatic rings. The molecule has 0 bridgehead atoms. The number of anilines is 1. The molecule has 0 atom stereocenters. The number of carbonyl (C=O) groups is 4. The highest BCUT2D eigenvalue weighted by molar-refractivity contribution is 7.99. The molecule has 11 heteroatoms. The Hall–Kier alpha value is -3.34. The van der Waals surface area contributed by atoms with Crippen LogP contribution in [0.2, 0.25) is 0 Å². The SMILES string of the molecule is COC(=O)c1cc(NC(=O)COC(=O)CSCc2c(C)noc2C)cc(C(=O)OC)c1. The van der Waals surface area contributed by atoms with Gasteiger partial charge in [-0.25, -0.2) is 9.59 Å². The number of carbonyl (C=O) groups excluding carboxylic acids is 4. The van der Waals surface area contributed by atoms with Gasteiger partial charge in [0.15, 0.2) is 6.61 Å². The first-order chi connectivity index (χ1) is 14.7. The number of benzene rings is 1. The molecule has 0 saturated carbocycles. The second-order valence-electron chi connectivity index (χ2n) is 6.29. The van der Waals surface area contributed by atoms with Crippen LogP contribution < -0.4 is 5.32 Å². The van der Waals surface area contributed by atoms with E-state index in [2.05, 4.69) is 19.9 Å². The Morgan fingerprint density at radius 3 is 2.16 bits per heavy atom. The summed E-state index contributed by atoms with van der Waals surface area (Å²) in [6.07, 6.45) is 0. The van der Waals surface area contributed by atoms with E-state index >= 15 is 0 Å². The van der Waals surface area contributed by atoms with Crippen LogP contribution in [0.5, 0.6) is 0 Å². The molecule has 0 fully saturated rings. The van der Waals surface area contributed by atoms with E-state index in [1.807, 2.05) is 6.92 Å². The quantitative estimate of drug-likeness (QED) is 0.448. The minimum absolute atomic E-state index is 0.0433. The molecular formula is C20H22N2O8S. The molecule has 1 N–H and O–H groups in total. The van der Waals surface area contributed by atoms with Crippen molar-refractivity contribution in [1.82, 2.24) is 5.16 Å². The van der Waals surface area contributed by atoms with E-state index in [4.69, 9.17) is 9.26 Å². The zero-order valence-electron chi connectivity index (χ0n) is 17.5. The summed E-state index contributed by atoms with van der Waals surface area (Å²) >= 11 is 1.31. The van der Waals surface area contributed by atoms with E-state index in [1.54, 1.807) is 6.92 Å². The van der Waals surface area contributed by atoms with Crippen molar-refractivity contribution >= 4 is 41.3 Å². The van der Waals surface area contributed by atoms with Crippen LogP contribution in [0, 0.1) is 13.8 Å². The molecule has 1 heterocycles. The number of aryl methyl sites for hydroxylation is 2. The molecular weight excluding hydrogens is 428 g/mol. The number of hydrogen-bond donors (Lipinski definition) is 1. The monoisotopic (exact) mass is 450 g/mol. The Labute approximate surface area is 182 Å². The zero-order valence-corrected chi connectivity index (χ0v) is 18.3. The highest BCUT2D eigenvalue weighted by Gasteiger charge is 2.16. The highest BCUT2D eigenvalue weighted by atomic mass is 32.2. The summed E-state index contributed by atoms with van der Waals surface area (Å²) in [7, 11) is 2.38. The predicted molar refractivity (Wildman–Crippen MR) is 111 cm³/mol. The second kappa shape index (κ2) is 11.2. The lowest BCUT2D eigenvalue weighted by Gasteiger charge is -2.10. The molecule has 0 aliphatic heterocycles. The summed E-state index contributed by atoms with van der Waals surface area (Å²) in [6, 6.07) is 3.94. The molecule has 31 heavy (non-hydrogen) atoms. The molecule has 0 radical (unpaired) electrons. The summed E-state index contributed by atoms with van der Waals surface area (Å²) < 4.78 is 19.3. The maximum atomic E-state index is 12.1. The van der Waals surface area contributed by atoms with Gasteiger partial charge in [0.1, 0.15) is 5.76 Å². The van der Waals surface area contributed by atoms with Crippen LogP contribution in [0.1, 0.15) is 37.7 Å². The zero-order chi connectivity index (χ0) is 23.0. The number of nitrogens with one attached hydrogen (secondary N) is 1. The number of amides is 1. The van der Waals surface area contributed by atoms with E-state index in [9.17, 15) is 19.2 Å². The third kappa shape index (κ3) is 6.85. The highest BCUT2D eigenvalue weighted by Crippen LogP contribution is 2.20. The van der Waals surface area contributed by atoms with Crippen molar-refractivity contribution in [1.29, 1.82) is 0 Å². The normalized spacial score (nSPS) is 10.3. The van der Waals surface area contributed by atoms with Crippen molar-refractivity contribution in [2.75, 3.05) is 31.9 Å². The first kappa shape index (κ1) is 23.9. The van der Waals surface area contributed by atoms with Crippen LogP contribution >= 0.6 is 11.8 Å². The summed E-state index contributed by atoms with van der Waals surface area (Å²) in [6.45, 7) is 3.08. The van der Waals surface area contributed by atoms with Gasteiger partial charge in [0.05, 0.1) is 36.8 Å². The number of methoxy groups -OCH3 is 2. The van der Waals surface area contributed by atoms with Crippen LogP contribution in [0.4, 0.5) is 5.69 Å². The fourth-order valence-electron chi connectivity index (χ4n) is 2.50. The minimum atomic E-state index is -0.692. The van der Waals surface area contributed by atoms with E-state index < -0.39 is 30.4 Å². The lowest BCUT2D eigenvalue weighted by molar-refractivity contribution is -0.144. The van der Waals surface area contributed by atoms with E-state index in [0.29, 0.717) is 11.5 Å². The van der Waals surface area contributed by atoms with Crippen LogP contribution in [-0.4, -0.2) is 55.6 Å². The number of aromatic nitrogens is 1. The fourth-order valence-corrected chi connectivity index (χ4v) is 3.47. The number of rotatable bonds is 9. The number of thioether (sulfide) groups is 1. The third-order valence-electron chi connectivity index (χ3n) is 4.07. The van der Waals surface area contributed by atoms with Gasteiger partial charge in [0, 0.05) is 17.0 Å². The van der Waals surface area contributed by atoms with Crippen LogP contribution in [-0.2, 0) is 29.6 Å². The van der Waals surface area contributed by atoms with E-state index in [-0.39, 0.29) is 22.6 Å². The van der Waals surface area contributed by atoms with Gasteiger partial charge < -0.3 is 24.1 Å². The second-order valence-corrected chi connectivity index (χ2v) is 7.27. The van der Waals surface area contributed by atoms with Crippen LogP contribution in [0.25, 0.3) is 0 Å². The first-order valence-corrected chi connectivity index (χ1v) is 10.2. The lowest BCUT2D eigenvalue weighted by atomic mass is 10.1. The number of ether oxygens (including phenoxy) is 3. The van der Waals surface area contributed by atoms with Gasteiger partial charge in [0.25, 0.3) is 5.91 Å². The molecule has 0 spiro atoms. The average molecular weight is 450 g/mol. The van der Waals surface area contributed by atoms with Gasteiger partial charge in [-0.15, -0.1) is 11.8 Å². The lowest BCUT2D eigenvalue weighted by Crippen LogP contribution is -2.22. The fraction of sp³-hybridized carbons (Fsp3) is 0.350. The van der Waals surface area contributed by atoms with Crippen molar-refractivity contribution in [3.8, 4) is 0 Å². The Balaban J connectivity index is 1.89. The van der Waals surface area contributed by atoms with Crippen molar-refractivity contribution in [3.63, 3.8) is 0 Å². The Kier molecular flexibility index (Phi) is 8.62. The maximum absolute atomic E-state index is 12.1. The van der Waals surface area contributed by atoms with Crippen molar-refractivity contribution in [2.24, 2.45) is 0 Å². The molecule has 166 valence electrons. The van der Waals surface area contributed by atoms with Gasteiger partial charge >= 0.3 is 17.9 Å². The largest absolute Gasteiger partial charge is 0.465 e. The Morgan fingerprint density at radius 1 is 1.03 bits per heavy atom. The van der Waals surface area contributed by atoms with Gasteiger partial charge in [-0.3, -0.25) is 9.59 Å². The van der Waals surface area contributed by atoms with Crippen molar-refractivity contribution in [3.05, 3.63) is 46.3 Å². The molecule has 1 amide bonds. The van der Waals surface area contributed by atoms with Gasteiger partial charge in [0.2, 0.25) is 0 Å². The molecule has 1 aromatic heterocycles. The molecule has 10 nitrogen and oxygen atoms in total. The van der Waals surface area contributed by atoms with Gasteiger partial charge in [-0.05, 0) is 32.0 Å².